The molecule has 1 aromatic carbocycles. The van der Waals surface area contributed by atoms with Crippen LogP contribution in [0.15, 0.2) is 30.4 Å². The van der Waals surface area contributed by atoms with Crippen LogP contribution in [0.5, 0.6) is 11.5 Å². The van der Waals surface area contributed by atoms with E-state index < -0.39 is 6.10 Å². The molecule has 1 aromatic rings. The molecular weight excluding hydrogens is 316 g/mol. The molecule has 0 bridgehead atoms. The number of allylic oxidation sites excluding steroid dienone is 1. The fourth-order valence-corrected chi connectivity index (χ4v) is 2.68. The molecule has 0 radical (unpaired) electrons. The highest BCUT2D eigenvalue weighted by Crippen LogP contribution is 2.26. The van der Waals surface area contributed by atoms with Gasteiger partial charge in [-0.3, -0.25) is 4.79 Å². The third-order valence-corrected chi connectivity index (χ3v) is 4.21. The minimum Gasteiger partial charge on any atom is -0.504 e. The van der Waals surface area contributed by atoms with Gasteiger partial charge in [0, 0.05) is 12.8 Å². The van der Waals surface area contributed by atoms with Gasteiger partial charge in [0.15, 0.2) is 11.5 Å². The van der Waals surface area contributed by atoms with Crippen molar-refractivity contribution >= 4 is 5.78 Å². The molecule has 0 heterocycles. The van der Waals surface area contributed by atoms with Crippen molar-refractivity contribution < 1.29 is 19.7 Å². The zero-order valence-electron chi connectivity index (χ0n) is 15.5. The summed E-state index contributed by atoms with van der Waals surface area (Å²) in [7, 11) is 1.50. The van der Waals surface area contributed by atoms with Crippen LogP contribution >= 0.6 is 0 Å². The second-order valence-corrected chi connectivity index (χ2v) is 6.45. The van der Waals surface area contributed by atoms with Crippen LogP contribution in [0.25, 0.3) is 0 Å². The third-order valence-electron chi connectivity index (χ3n) is 4.21. The number of rotatable bonds is 13. The third kappa shape index (κ3) is 9.30. The molecule has 0 saturated heterocycles. The first-order chi connectivity index (χ1) is 12.1. The standard InChI is InChI=1S/C21H32O4/c1-3-4-5-6-7-8-9-10-18(22)16-19(23)13-11-17-12-14-20(24)21(15-17)25-2/h9-10,12,14-15,18,22,24H,3-8,11,13,16H2,1-2H3/b10-9+/t18-/m0/s1. The number of aliphatic hydroxyl groups is 1. The monoisotopic (exact) mass is 348 g/mol. The Bertz CT molecular complexity index is 537. The number of ketones is 1. The van der Waals surface area contributed by atoms with Crippen LogP contribution in [0.2, 0.25) is 0 Å². The first-order valence-corrected chi connectivity index (χ1v) is 9.29. The molecule has 0 aliphatic rings. The maximum atomic E-state index is 12.0. The normalized spacial score (nSPS) is 12.4. The van der Waals surface area contributed by atoms with Crippen LogP contribution in [0, 0.1) is 0 Å². The molecule has 0 saturated carbocycles. The SMILES string of the molecule is CCCCCCC/C=C/[C@H](O)CC(=O)CCc1ccc(O)c(OC)c1. The highest BCUT2D eigenvalue weighted by molar-refractivity contribution is 5.79. The van der Waals surface area contributed by atoms with Gasteiger partial charge in [0.1, 0.15) is 5.78 Å². The van der Waals surface area contributed by atoms with E-state index >= 15 is 0 Å². The Morgan fingerprint density at radius 3 is 2.72 bits per heavy atom. The van der Waals surface area contributed by atoms with Gasteiger partial charge in [0.25, 0.3) is 0 Å². The number of phenolic OH excluding ortho intramolecular Hbond substituents is 1. The summed E-state index contributed by atoms with van der Waals surface area (Å²) in [5, 5.41) is 19.5. The van der Waals surface area contributed by atoms with E-state index in [-0.39, 0.29) is 18.0 Å². The van der Waals surface area contributed by atoms with Crippen molar-refractivity contribution in [3.8, 4) is 11.5 Å². The molecule has 1 atom stereocenters. The van der Waals surface area contributed by atoms with Crippen LogP contribution in [0.3, 0.4) is 0 Å². The Hall–Kier alpha value is -1.81. The summed E-state index contributed by atoms with van der Waals surface area (Å²) in [5.41, 5.74) is 0.931. The average Bonchev–Trinajstić information content (AvgIpc) is 2.60. The van der Waals surface area contributed by atoms with Crippen LogP contribution in [0.1, 0.15) is 63.9 Å². The topological polar surface area (TPSA) is 66.8 Å². The summed E-state index contributed by atoms with van der Waals surface area (Å²) in [6.45, 7) is 2.20. The zero-order valence-corrected chi connectivity index (χ0v) is 15.5. The average molecular weight is 348 g/mol. The molecule has 25 heavy (non-hydrogen) atoms. The summed E-state index contributed by atoms with van der Waals surface area (Å²) in [5.74, 6) is 0.534. The molecule has 140 valence electrons. The molecule has 0 aromatic heterocycles. The summed E-state index contributed by atoms with van der Waals surface area (Å²) in [6, 6.07) is 5.08. The number of carbonyl (C=O) groups excluding carboxylic acids is 1. The number of carbonyl (C=O) groups is 1. The van der Waals surface area contributed by atoms with Crippen LogP contribution in [0.4, 0.5) is 0 Å². The summed E-state index contributed by atoms with van der Waals surface area (Å²) in [6.07, 6.45) is 11.2. The van der Waals surface area contributed by atoms with E-state index in [1.165, 1.54) is 32.8 Å². The van der Waals surface area contributed by atoms with Crippen molar-refractivity contribution in [1.82, 2.24) is 0 Å². The number of aliphatic hydroxyl groups excluding tert-OH is 1. The molecule has 0 fully saturated rings. The maximum Gasteiger partial charge on any atom is 0.160 e. The Labute approximate surface area is 151 Å². The molecule has 0 unspecified atom stereocenters. The van der Waals surface area contributed by atoms with Crippen LogP contribution in [-0.4, -0.2) is 29.2 Å². The number of methoxy groups -OCH3 is 1. The molecule has 4 heteroatoms. The van der Waals surface area contributed by atoms with Crippen molar-refractivity contribution in [3.63, 3.8) is 0 Å². The van der Waals surface area contributed by atoms with Crippen LogP contribution in [-0.2, 0) is 11.2 Å². The van der Waals surface area contributed by atoms with Crippen molar-refractivity contribution in [2.45, 2.75) is 70.8 Å². The lowest BCUT2D eigenvalue weighted by Crippen LogP contribution is -2.11. The van der Waals surface area contributed by atoms with E-state index in [1.54, 1.807) is 24.3 Å². The van der Waals surface area contributed by atoms with Gasteiger partial charge in [-0.1, -0.05) is 50.8 Å². The summed E-state index contributed by atoms with van der Waals surface area (Å²) in [4.78, 5) is 12.0. The Kier molecular flexibility index (Phi) is 10.6. The van der Waals surface area contributed by atoms with Gasteiger partial charge in [-0.15, -0.1) is 0 Å². The van der Waals surface area contributed by atoms with Gasteiger partial charge in [-0.05, 0) is 37.0 Å². The van der Waals surface area contributed by atoms with E-state index in [0.29, 0.717) is 18.6 Å². The molecule has 0 aliphatic carbocycles. The van der Waals surface area contributed by atoms with Crippen molar-refractivity contribution in [3.05, 3.63) is 35.9 Å². The largest absolute Gasteiger partial charge is 0.504 e. The zero-order chi connectivity index (χ0) is 18.5. The highest BCUT2D eigenvalue weighted by atomic mass is 16.5. The lowest BCUT2D eigenvalue weighted by Gasteiger charge is -2.07. The summed E-state index contributed by atoms with van der Waals surface area (Å²) < 4.78 is 5.06. The predicted molar refractivity (Wildman–Crippen MR) is 101 cm³/mol. The number of unbranched alkanes of at least 4 members (excludes halogenated alkanes) is 5. The first kappa shape index (κ1) is 21.2. The van der Waals surface area contributed by atoms with Gasteiger partial charge in [0.2, 0.25) is 0 Å². The van der Waals surface area contributed by atoms with Crippen LogP contribution < -0.4 is 4.74 Å². The maximum absolute atomic E-state index is 12.0. The van der Waals surface area contributed by atoms with Gasteiger partial charge in [0.05, 0.1) is 13.2 Å². The fourth-order valence-electron chi connectivity index (χ4n) is 2.68. The number of phenols is 1. The van der Waals surface area contributed by atoms with Crippen molar-refractivity contribution in [2.75, 3.05) is 7.11 Å². The number of aromatic hydroxyl groups is 1. The van der Waals surface area contributed by atoms with Gasteiger partial charge >= 0.3 is 0 Å². The number of ether oxygens (including phenoxy) is 1. The highest BCUT2D eigenvalue weighted by Gasteiger charge is 2.09. The van der Waals surface area contributed by atoms with Crippen molar-refractivity contribution in [2.24, 2.45) is 0 Å². The molecule has 2 N–H and O–H groups in total. The number of aryl methyl sites for hydroxylation is 1. The Morgan fingerprint density at radius 1 is 1.24 bits per heavy atom. The van der Waals surface area contributed by atoms with Gasteiger partial charge in [-0.2, -0.15) is 0 Å². The summed E-state index contributed by atoms with van der Waals surface area (Å²) >= 11 is 0. The second kappa shape index (κ2) is 12.5. The number of benzene rings is 1. The number of hydrogen-bond donors (Lipinski definition) is 2. The molecule has 0 aliphatic heterocycles. The molecule has 0 spiro atoms. The van der Waals surface area contributed by atoms with Gasteiger partial charge < -0.3 is 14.9 Å². The molecule has 1 rings (SSSR count). The van der Waals surface area contributed by atoms with E-state index in [2.05, 4.69) is 6.92 Å². The fraction of sp³-hybridized carbons (Fsp3) is 0.571. The van der Waals surface area contributed by atoms with E-state index in [9.17, 15) is 15.0 Å². The van der Waals surface area contributed by atoms with E-state index in [0.717, 1.165) is 18.4 Å². The second-order valence-electron chi connectivity index (χ2n) is 6.45. The number of Topliss-reactive ketones (excluding diaryl/α,β-unsaturated/α-hetero) is 1. The lowest BCUT2D eigenvalue weighted by molar-refractivity contribution is -0.120. The predicted octanol–water partition coefficient (Wildman–Crippen LogP) is 4.57. The first-order valence-electron chi connectivity index (χ1n) is 9.29. The minimum atomic E-state index is -0.697. The smallest absolute Gasteiger partial charge is 0.160 e. The quantitative estimate of drug-likeness (QED) is 0.405. The lowest BCUT2D eigenvalue weighted by atomic mass is 10.0. The van der Waals surface area contributed by atoms with Gasteiger partial charge in [-0.25, -0.2) is 0 Å². The molecule has 4 nitrogen and oxygen atoms in total. The number of hydrogen-bond acceptors (Lipinski definition) is 4. The molecular formula is C21H32O4. The van der Waals surface area contributed by atoms with E-state index in [1.807, 2.05) is 6.08 Å². The minimum absolute atomic E-state index is 0.0344. The van der Waals surface area contributed by atoms with E-state index in [4.69, 9.17) is 4.74 Å². The molecule has 0 amide bonds. The Balaban J connectivity index is 2.24. The van der Waals surface area contributed by atoms with Crippen molar-refractivity contribution in [1.29, 1.82) is 0 Å². The Morgan fingerprint density at radius 2 is 2.00 bits per heavy atom.